The molecule has 20 heavy (non-hydrogen) atoms. The highest BCUT2D eigenvalue weighted by molar-refractivity contribution is 5.94. The Morgan fingerprint density at radius 3 is 2.70 bits per heavy atom. The summed E-state index contributed by atoms with van der Waals surface area (Å²) in [6.45, 7) is 2.19. The van der Waals surface area contributed by atoms with E-state index in [4.69, 9.17) is 9.84 Å². The Morgan fingerprint density at radius 2 is 2.15 bits per heavy atom. The van der Waals surface area contributed by atoms with E-state index in [9.17, 15) is 14.0 Å². The minimum atomic E-state index is -0.861. The minimum absolute atomic E-state index is 0.0399. The number of hydrogen-bond donors (Lipinski definition) is 2. The van der Waals surface area contributed by atoms with E-state index in [0.717, 1.165) is 6.07 Å². The van der Waals surface area contributed by atoms with E-state index in [1.807, 2.05) is 6.92 Å². The Kier molecular flexibility index (Phi) is 5.96. The summed E-state index contributed by atoms with van der Waals surface area (Å²) in [5.74, 6) is -1.73. The van der Waals surface area contributed by atoms with Gasteiger partial charge in [-0.25, -0.2) is 4.39 Å². The van der Waals surface area contributed by atoms with Crippen LogP contribution in [0.25, 0.3) is 0 Å². The highest BCUT2D eigenvalue weighted by Crippen LogP contribution is 2.17. The maximum atomic E-state index is 13.4. The van der Waals surface area contributed by atoms with Gasteiger partial charge in [-0.3, -0.25) is 9.59 Å². The SMILES string of the molecule is COc1ccc(C(=O)NCC(C)CCC(=O)O)cc1F. The molecule has 0 saturated carbocycles. The van der Waals surface area contributed by atoms with E-state index in [2.05, 4.69) is 5.32 Å². The van der Waals surface area contributed by atoms with Crippen LogP contribution in [0, 0.1) is 11.7 Å². The molecule has 0 aliphatic heterocycles. The lowest BCUT2D eigenvalue weighted by Gasteiger charge is -2.12. The van der Waals surface area contributed by atoms with Gasteiger partial charge < -0.3 is 15.2 Å². The molecule has 6 heteroatoms. The number of aliphatic carboxylic acids is 1. The molecule has 1 rings (SSSR count). The molecule has 0 radical (unpaired) electrons. The van der Waals surface area contributed by atoms with Crippen molar-refractivity contribution in [3.63, 3.8) is 0 Å². The summed E-state index contributed by atoms with van der Waals surface area (Å²) in [6, 6.07) is 3.97. The number of amides is 1. The van der Waals surface area contributed by atoms with E-state index in [-0.39, 0.29) is 23.7 Å². The molecule has 110 valence electrons. The minimum Gasteiger partial charge on any atom is -0.494 e. The van der Waals surface area contributed by atoms with Crippen molar-refractivity contribution >= 4 is 11.9 Å². The Hall–Kier alpha value is -2.11. The molecule has 1 amide bonds. The van der Waals surface area contributed by atoms with Crippen molar-refractivity contribution in [1.29, 1.82) is 0 Å². The summed E-state index contributed by atoms with van der Waals surface area (Å²) in [5.41, 5.74) is 0.203. The lowest BCUT2D eigenvalue weighted by Crippen LogP contribution is -2.28. The smallest absolute Gasteiger partial charge is 0.303 e. The summed E-state index contributed by atoms with van der Waals surface area (Å²) in [7, 11) is 1.35. The van der Waals surface area contributed by atoms with Crippen LogP contribution >= 0.6 is 0 Å². The maximum absolute atomic E-state index is 13.4. The molecule has 0 spiro atoms. The van der Waals surface area contributed by atoms with Gasteiger partial charge in [0.05, 0.1) is 7.11 Å². The van der Waals surface area contributed by atoms with Gasteiger partial charge in [0.25, 0.3) is 5.91 Å². The molecular formula is C14H18FNO4. The molecule has 0 aliphatic carbocycles. The van der Waals surface area contributed by atoms with Gasteiger partial charge in [-0.1, -0.05) is 6.92 Å². The van der Waals surface area contributed by atoms with Gasteiger partial charge in [0.2, 0.25) is 0 Å². The first kappa shape index (κ1) is 15.9. The average molecular weight is 283 g/mol. The fraction of sp³-hybridized carbons (Fsp3) is 0.429. The predicted molar refractivity (Wildman–Crippen MR) is 71.3 cm³/mol. The maximum Gasteiger partial charge on any atom is 0.303 e. The molecule has 1 aromatic carbocycles. The summed E-state index contributed by atoms with van der Waals surface area (Å²) in [6.07, 6.45) is 0.542. The van der Waals surface area contributed by atoms with Gasteiger partial charge in [0.1, 0.15) is 0 Å². The molecule has 0 bridgehead atoms. The molecule has 0 heterocycles. The number of ether oxygens (including phenoxy) is 1. The predicted octanol–water partition coefficient (Wildman–Crippen LogP) is 2.07. The van der Waals surface area contributed by atoms with Crippen LogP contribution in [0.2, 0.25) is 0 Å². The Bertz CT molecular complexity index is 490. The highest BCUT2D eigenvalue weighted by Gasteiger charge is 2.11. The lowest BCUT2D eigenvalue weighted by atomic mass is 10.1. The van der Waals surface area contributed by atoms with E-state index in [1.54, 1.807) is 0 Å². The summed E-state index contributed by atoms with van der Waals surface area (Å²) >= 11 is 0. The van der Waals surface area contributed by atoms with Crippen LogP contribution in [-0.4, -0.2) is 30.6 Å². The van der Waals surface area contributed by atoms with Gasteiger partial charge in [-0.2, -0.15) is 0 Å². The second-order valence-corrected chi connectivity index (χ2v) is 4.60. The van der Waals surface area contributed by atoms with Crippen molar-refractivity contribution in [3.05, 3.63) is 29.6 Å². The van der Waals surface area contributed by atoms with E-state index in [1.165, 1.54) is 19.2 Å². The Morgan fingerprint density at radius 1 is 1.45 bits per heavy atom. The van der Waals surface area contributed by atoms with Crippen LogP contribution in [0.3, 0.4) is 0 Å². The quantitative estimate of drug-likeness (QED) is 0.803. The first-order valence-corrected chi connectivity index (χ1v) is 6.27. The number of rotatable bonds is 7. The number of nitrogens with one attached hydrogen (secondary N) is 1. The molecule has 1 atom stereocenters. The van der Waals surface area contributed by atoms with Gasteiger partial charge in [-0.05, 0) is 30.5 Å². The number of halogens is 1. The molecule has 1 aromatic rings. The van der Waals surface area contributed by atoms with E-state index >= 15 is 0 Å². The monoisotopic (exact) mass is 283 g/mol. The van der Waals surface area contributed by atoms with Crippen molar-refractivity contribution in [1.82, 2.24) is 5.32 Å². The fourth-order valence-electron chi connectivity index (χ4n) is 1.65. The zero-order chi connectivity index (χ0) is 15.1. The zero-order valence-electron chi connectivity index (χ0n) is 11.5. The van der Waals surface area contributed by atoms with Crippen molar-refractivity contribution in [3.8, 4) is 5.75 Å². The van der Waals surface area contributed by atoms with Crippen LogP contribution in [0.4, 0.5) is 4.39 Å². The van der Waals surface area contributed by atoms with Crippen molar-refractivity contribution in [2.24, 2.45) is 5.92 Å². The van der Waals surface area contributed by atoms with Crippen LogP contribution < -0.4 is 10.1 Å². The van der Waals surface area contributed by atoms with Crippen LogP contribution in [-0.2, 0) is 4.79 Å². The average Bonchev–Trinajstić information content (AvgIpc) is 2.42. The molecule has 1 unspecified atom stereocenters. The third-order valence-corrected chi connectivity index (χ3v) is 2.88. The fourth-order valence-corrected chi connectivity index (χ4v) is 1.65. The van der Waals surface area contributed by atoms with E-state index in [0.29, 0.717) is 13.0 Å². The summed E-state index contributed by atoms with van der Waals surface area (Å²) in [4.78, 5) is 22.2. The summed E-state index contributed by atoms with van der Waals surface area (Å²) in [5, 5.41) is 11.2. The number of benzene rings is 1. The molecule has 0 saturated heterocycles. The number of hydrogen-bond acceptors (Lipinski definition) is 3. The standard InChI is InChI=1S/C14H18FNO4/c1-9(3-6-13(17)18)8-16-14(19)10-4-5-12(20-2)11(15)7-10/h4-5,7,9H,3,6,8H2,1-2H3,(H,16,19)(H,17,18). The van der Waals surface area contributed by atoms with Crippen molar-refractivity contribution < 1.29 is 23.8 Å². The first-order valence-electron chi connectivity index (χ1n) is 6.27. The first-order chi connectivity index (χ1) is 9.43. The van der Waals surface area contributed by atoms with Gasteiger partial charge in [-0.15, -0.1) is 0 Å². The normalized spacial score (nSPS) is 11.8. The Labute approximate surface area is 116 Å². The number of carboxylic acids is 1. The second-order valence-electron chi connectivity index (χ2n) is 4.60. The zero-order valence-corrected chi connectivity index (χ0v) is 11.5. The highest BCUT2D eigenvalue weighted by atomic mass is 19.1. The molecule has 5 nitrogen and oxygen atoms in total. The molecule has 0 aliphatic rings. The van der Waals surface area contributed by atoms with Crippen LogP contribution in [0.5, 0.6) is 5.75 Å². The van der Waals surface area contributed by atoms with Crippen LogP contribution in [0.1, 0.15) is 30.1 Å². The van der Waals surface area contributed by atoms with Gasteiger partial charge in [0.15, 0.2) is 11.6 Å². The molecule has 0 fully saturated rings. The third kappa shape index (κ3) is 4.87. The van der Waals surface area contributed by atoms with Crippen molar-refractivity contribution in [2.75, 3.05) is 13.7 Å². The lowest BCUT2D eigenvalue weighted by molar-refractivity contribution is -0.137. The van der Waals surface area contributed by atoms with E-state index < -0.39 is 17.7 Å². The number of carboxylic acid groups (broad SMARTS) is 1. The summed E-state index contributed by atoms with van der Waals surface area (Å²) < 4.78 is 18.2. The second kappa shape index (κ2) is 7.47. The Balaban J connectivity index is 2.50. The van der Waals surface area contributed by atoms with Crippen molar-refractivity contribution in [2.45, 2.75) is 19.8 Å². The largest absolute Gasteiger partial charge is 0.494 e. The topological polar surface area (TPSA) is 75.6 Å². The molecular weight excluding hydrogens is 265 g/mol. The van der Waals surface area contributed by atoms with Gasteiger partial charge >= 0.3 is 5.97 Å². The molecule has 0 aromatic heterocycles. The molecule has 2 N–H and O–H groups in total. The number of carbonyl (C=O) groups is 2. The number of carbonyl (C=O) groups excluding carboxylic acids is 1. The van der Waals surface area contributed by atoms with Gasteiger partial charge in [0, 0.05) is 18.5 Å². The van der Waals surface area contributed by atoms with Crippen LogP contribution in [0.15, 0.2) is 18.2 Å². The third-order valence-electron chi connectivity index (χ3n) is 2.88. The number of methoxy groups -OCH3 is 1.